The minimum atomic E-state index is -0.458. The summed E-state index contributed by atoms with van der Waals surface area (Å²) in [5, 5.41) is 0.432. The first-order valence-corrected chi connectivity index (χ1v) is 10.5. The normalized spacial score (nSPS) is 14.6. The van der Waals surface area contributed by atoms with Crippen molar-refractivity contribution in [1.82, 2.24) is 0 Å². The van der Waals surface area contributed by atoms with Crippen molar-refractivity contribution in [2.75, 3.05) is 6.61 Å². The van der Waals surface area contributed by atoms with Crippen LogP contribution in [0.25, 0.3) is 22.3 Å². The van der Waals surface area contributed by atoms with Gasteiger partial charge in [0.15, 0.2) is 12.4 Å². The fourth-order valence-corrected chi connectivity index (χ4v) is 3.85. The third kappa shape index (κ3) is 4.40. The van der Waals surface area contributed by atoms with Crippen molar-refractivity contribution in [3.8, 4) is 17.1 Å². The van der Waals surface area contributed by atoms with E-state index in [-0.39, 0.29) is 23.9 Å². The Morgan fingerprint density at radius 3 is 2.43 bits per heavy atom. The maximum absolute atomic E-state index is 13.2. The molecule has 1 aliphatic rings. The Labute approximate surface area is 175 Å². The fourth-order valence-electron chi connectivity index (χ4n) is 3.85. The summed E-state index contributed by atoms with van der Waals surface area (Å²) in [6.45, 7) is 3.58. The minimum absolute atomic E-state index is 0.0394. The van der Waals surface area contributed by atoms with Gasteiger partial charge in [-0.1, -0.05) is 47.9 Å². The van der Waals surface area contributed by atoms with Crippen LogP contribution in [-0.4, -0.2) is 18.7 Å². The van der Waals surface area contributed by atoms with Crippen LogP contribution in [-0.2, 0) is 9.53 Å². The summed E-state index contributed by atoms with van der Waals surface area (Å²) in [6, 6.07) is 13.1. The van der Waals surface area contributed by atoms with E-state index in [2.05, 4.69) is 0 Å². The first-order chi connectivity index (χ1) is 14.5. The maximum atomic E-state index is 13.2. The Morgan fingerprint density at radius 1 is 1.00 bits per heavy atom. The molecule has 0 radical (unpaired) electrons. The van der Waals surface area contributed by atoms with Crippen LogP contribution in [0.3, 0.4) is 0 Å². The Morgan fingerprint density at radius 2 is 1.70 bits per heavy atom. The summed E-state index contributed by atoms with van der Waals surface area (Å²) in [5.41, 5.74) is 2.95. The second kappa shape index (κ2) is 8.74. The van der Waals surface area contributed by atoms with Gasteiger partial charge < -0.3 is 13.9 Å². The van der Waals surface area contributed by atoms with E-state index >= 15 is 0 Å². The SMILES string of the molecule is Cc1ccc(-c2oc3ccc(C)cc3c(=O)c2OCC(=O)OC2CCCCC2)cc1. The quantitative estimate of drug-likeness (QED) is 0.536. The lowest BCUT2D eigenvalue weighted by Crippen LogP contribution is -2.25. The van der Waals surface area contributed by atoms with Crippen LogP contribution in [0.15, 0.2) is 51.7 Å². The van der Waals surface area contributed by atoms with E-state index in [1.807, 2.05) is 44.2 Å². The Hall–Kier alpha value is -3.08. The molecule has 5 nitrogen and oxygen atoms in total. The summed E-state index contributed by atoms with van der Waals surface area (Å²) in [5.74, 6) is -0.0974. The smallest absolute Gasteiger partial charge is 0.344 e. The van der Waals surface area contributed by atoms with Crippen LogP contribution in [0.2, 0.25) is 0 Å². The van der Waals surface area contributed by atoms with Crippen molar-refractivity contribution in [3.63, 3.8) is 0 Å². The zero-order valence-corrected chi connectivity index (χ0v) is 17.4. The lowest BCUT2D eigenvalue weighted by Gasteiger charge is -2.21. The summed E-state index contributed by atoms with van der Waals surface area (Å²) < 4.78 is 17.3. The van der Waals surface area contributed by atoms with Crippen LogP contribution in [0.1, 0.15) is 43.2 Å². The summed E-state index contributed by atoms with van der Waals surface area (Å²) >= 11 is 0. The van der Waals surface area contributed by atoms with Crippen LogP contribution >= 0.6 is 0 Å². The largest absolute Gasteiger partial charge is 0.474 e. The van der Waals surface area contributed by atoms with Crippen molar-refractivity contribution < 1.29 is 18.7 Å². The first kappa shape index (κ1) is 20.2. The number of carbonyl (C=O) groups excluding carboxylic acids is 1. The van der Waals surface area contributed by atoms with E-state index in [1.165, 1.54) is 6.42 Å². The molecule has 4 rings (SSSR count). The van der Waals surface area contributed by atoms with Crippen LogP contribution in [0.5, 0.6) is 5.75 Å². The first-order valence-electron chi connectivity index (χ1n) is 10.5. The molecular weight excluding hydrogens is 380 g/mol. The maximum Gasteiger partial charge on any atom is 0.344 e. The van der Waals surface area contributed by atoms with Crippen LogP contribution in [0.4, 0.5) is 0 Å². The molecule has 0 unspecified atom stereocenters. The number of esters is 1. The summed E-state index contributed by atoms with van der Waals surface area (Å²) in [6.07, 6.45) is 5.05. The predicted molar refractivity (Wildman–Crippen MR) is 116 cm³/mol. The molecule has 0 saturated heterocycles. The molecule has 0 N–H and O–H groups in total. The lowest BCUT2D eigenvalue weighted by molar-refractivity contribution is -0.152. The van der Waals surface area contributed by atoms with Crippen molar-refractivity contribution in [2.45, 2.75) is 52.1 Å². The van der Waals surface area contributed by atoms with Gasteiger partial charge in [-0.15, -0.1) is 0 Å². The number of hydrogen-bond donors (Lipinski definition) is 0. The average Bonchev–Trinajstić information content (AvgIpc) is 2.75. The zero-order valence-electron chi connectivity index (χ0n) is 17.4. The lowest BCUT2D eigenvalue weighted by atomic mass is 9.98. The molecular formula is C25H26O5. The highest BCUT2D eigenvalue weighted by atomic mass is 16.6. The third-order valence-corrected chi connectivity index (χ3v) is 5.50. The van der Waals surface area contributed by atoms with Crippen molar-refractivity contribution in [3.05, 3.63) is 63.8 Å². The van der Waals surface area contributed by atoms with E-state index in [1.54, 1.807) is 12.1 Å². The van der Waals surface area contributed by atoms with Gasteiger partial charge in [-0.25, -0.2) is 4.79 Å². The molecule has 0 amide bonds. The van der Waals surface area contributed by atoms with Crippen LogP contribution in [0, 0.1) is 13.8 Å². The molecule has 0 spiro atoms. The van der Waals surface area contributed by atoms with Gasteiger partial charge in [0.05, 0.1) is 5.39 Å². The number of carbonyl (C=O) groups is 1. The number of rotatable bonds is 5. The molecule has 2 aromatic carbocycles. The van der Waals surface area contributed by atoms with Gasteiger partial charge in [-0.2, -0.15) is 0 Å². The number of benzene rings is 2. The molecule has 1 heterocycles. The highest BCUT2D eigenvalue weighted by Crippen LogP contribution is 2.31. The number of hydrogen-bond acceptors (Lipinski definition) is 5. The number of ether oxygens (including phenoxy) is 2. The van der Waals surface area contributed by atoms with Crippen molar-refractivity contribution in [1.29, 1.82) is 0 Å². The molecule has 1 aromatic heterocycles. The fraction of sp³-hybridized carbons (Fsp3) is 0.360. The van der Waals surface area contributed by atoms with Gasteiger partial charge in [-0.3, -0.25) is 4.79 Å². The van der Waals surface area contributed by atoms with Gasteiger partial charge >= 0.3 is 5.97 Å². The predicted octanol–water partition coefficient (Wildman–Crippen LogP) is 5.33. The summed E-state index contributed by atoms with van der Waals surface area (Å²) in [7, 11) is 0. The Balaban J connectivity index is 1.66. The molecule has 3 aromatic rings. The van der Waals surface area contributed by atoms with Crippen LogP contribution < -0.4 is 10.2 Å². The monoisotopic (exact) mass is 406 g/mol. The number of fused-ring (bicyclic) bond motifs is 1. The molecule has 1 saturated carbocycles. The molecule has 5 heteroatoms. The molecule has 30 heavy (non-hydrogen) atoms. The zero-order chi connectivity index (χ0) is 21.1. The van der Waals surface area contributed by atoms with Crippen molar-refractivity contribution in [2.24, 2.45) is 0 Å². The Kier molecular flexibility index (Phi) is 5.88. The second-order valence-corrected chi connectivity index (χ2v) is 7.99. The molecule has 1 fully saturated rings. The van der Waals surface area contributed by atoms with E-state index in [9.17, 15) is 9.59 Å². The van der Waals surface area contributed by atoms with Gasteiger partial charge in [0, 0.05) is 5.56 Å². The number of aryl methyl sites for hydroxylation is 2. The van der Waals surface area contributed by atoms with E-state index in [0.717, 1.165) is 42.4 Å². The molecule has 156 valence electrons. The molecule has 0 atom stereocenters. The van der Waals surface area contributed by atoms with Crippen molar-refractivity contribution >= 4 is 16.9 Å². The Bertz CT molecular complexity index is 1100. The highest BCUT2D eigenvalue weighted by Gasteiger charge is 2.21. The molecule has 0 aliphatic heterocycles. The molecule has 0 bridgehead atoms. The van der Waals surface area contributed by atoms with Gasteiger partial charge in [0.2, 0.25) is 11.2 Å². The second-order valence-electron chi connectivity index (χ2n) is 7.99. The van der Waals surface area contributed by atoms with E-state index < -0.39 is 5.97 Å². The van der Waals surface area contributed by atoms with E-state index in [0.29, 0.717) is 16.7 Å². The third-order valence-electron chi connectivity index (χ3n) is 5.50. The van der Waals surface area contributed by atoms with Gasteiger partial charge in [-0.05, 0) is 51.7 Å². The van der Waals surface area contributed by atoms with Gasteiger partial charge in [0.25, 0.3) is 0 Å². The topological polar surface area (TPSA) is 65.7 Å². The van der Waals surface area contributed by atoms with Gasteiger partial charge in [0.1, 0.15) is 11.7 Å². The minimum Gasteiger partial charge on any atom is -0.474 e. The van der Waals surface area contributed by atoms with E-state index in [4.69, 9.17) is 13.9 Å². The average molecular weight is 406 g/mol. The summed E-state index contributed by atoms with van der Waals surface area (Å²) in [4.78, 5) is 25.5. The highest BCUT2D eigenvalue weighted by molar-refractivity contribution is 5.83. The molecule has 1 aliphatic carbocycles. The standard InChI is InChI=1S/C25H26O5/c1-16-8-11-18(12-9-16)24-25(23(27)20-14-17(2)10-13-21(20)30-24)28-15-22(26)29-19-6-4-3-5-7-19/h8-14,19H,3-7,15H2,1-2H3.